The standard InChI is InChI=1S/C13H15NO/c1-3-4-10-7-9(2)13-11(5-6-14-13)12(10)8-15/h5-8,14H,3-4H2,1-2H3. The van der Waals surface area contributed by atoms with Crippen molar-refractivity contribution >= 4 is 17.2 Å². The zero-order valence-corrected chi connectivity index (χ0v) is 9.13. The van der Waals surface area contributed by atoms with Crippen molar-refractivity contribution in [3.8, 4) is 0 Å². The monoisotopic (exact) mass is 201 g/mol. The van der Waals surface area contributed by atoms with Crippen molar-refractivity contribution in [3.63, 3.8) is 0 Å². The lowest BCUT2D eigenvalue weighted by Gasteiger charge is -2.07. The van der Waals surface area contributed by atoms with Gasteiger partial charge in [-0.3, -0.25) is 4.79 Å². The second-order valence-corrected chi connectivity index (χ2v) is 3.90. The van der Waals surface area contributed by atoms with Crippen molar-refractivity contribution in [1.29, 1.82) is 0 Å². The molecule has 1 N–H and O–H groups in total. The number of carbonyl (C=O) groups is 1. The molecule has 2 nitrogen and oxygen atoms in total. The number of aldehydes is 1. The lowest BCUT2D eigenvalue weighted by atomic mass is 9.97. The number of carbonyl (C=O) groups excluding carboxylic acids is 1. The van der Waals surface area contributed by atoms with Crippen LogP contribution in [0.5, 0.6) is 0 Å². The van der Waals surface area contributed by atoms with Crippen LogP contribution in [0, 0.1) is 6.92 Å². The topological polar surface area (TPSA) is 32.9 Å². The maximum absolute atomic E-state index is 11.1. The summed E-state index contributed by atoms with van der Waals surface area (Å²) in [5, 5.41) is 1.05. The van der Waals surface area contributed by atoms with Gasteiger partial charge in [-0.1, -0.05) is 19.4 Å². The van der Waals surface area contributed by atoms with Crippen LogP contribution in [0.15, 0.2) is 18.3 Å². The minimum atomic E-state index is 0.846. The van der Waals surface area contributed by atoms with Crippen molar-refractivity contribution in [2.75, 3.05) is 0 Å². The van der Waals surface area contributed by atoms with Crippen molar-refractivity contribution in [1.82, 2.24) is 4.98 Å². The third-order valence-electron chi connectivity index (χ3n) is 2.81. The second kappa shape index (κ2) is 3.89. The molecule has 0 fully saturated rings. The van der Waals surface area contributed by atoms with E-state index < -0.39 is 0 Å². The number of aromatic nitrogens is 1. The maximum atomic E-state index is 11.1. The van der Waals surface area contributed by atoms with Crippen LogP contribution in [0.4, 0.5) is 0 Å². The minimum Gasteiger partial charge on any atom is -0.361 e. The summed E-state index contributed by atoms with van der Waals surface area (Å²) in [5.74, 6) is 0. The maximum Gasteiger partial charge on any atom is 0.151 e. The van der Waals surface area contributed by atoms with Crippen LogP contribution in [0.1, 0.15) is 34.8 Å². The van der Waals surface area contributed by atoms with Crippen molar-refractivity contribution in [3.05, 3.63) is 35.0 Å². The Morgan fingerprint density at radius 2 is 2.27 bits per heavy atom. The first kappa shape index (κ1) is 9.97. The fourth-order valence-corrected chi connectivity index (χ4v) is 2.12. The molecule has 0 unspecified atom stereocenters. The number of aromatic amines is 1. The number of benzene rings is 1. The SMILES string of the molecule is CCCc1cc(C)c2[nH]ccc2c1C=O. The molecule has 0 aliphatic heterocycles. The molecule has 0 radical (unpaired) electrons. The highest BCUT2D eigenvalue weighted by atomic mass is 16.1. The number of H-pyrrole nitrogens is 1. The van der Waals surface area contributed by atoms with Crippen LogP contribution >= 0.6 is 0 Å². The Hall–Kier alpha value is -1.57. The third kappa shape index (κ3) is 1.56. The smallest absolute Gasteiger partial charge is 0.151 e. The lowest BCUT2D eigenvalue weighted by molar-refractivity contribution is 0.112. The number of fused-ring (bicyclic) bond motifs is 1. The summed E-state index contributed by atoms with van der Waals surface area (Å²) in [6, 6.07) is 4.09. The van der Waals surface area contributed by atoms with Gasteiger partial charge in [0.1, 0.15) is 0 Å². The molecule has 78 valence electrons. The van der Waals surface area contributed by atoms with Gasteiger partial charge in [-0.25, -0.2) is 0 Å². The van der Waals surface area contributed by atoms with E-state index in [4.69, 9.17) is 0 Å². The average molecular weight is 201 g/mol. The van der Waals surface area contributed by atoms with Gasteiger partial charge in [0.05, 0.1) is 0 Å². The molecule has 2 heteroatoms. The summed E-state index contributed by atoms with van der Waals surface area (Å²) in [5.41, 5.74) is 4.30. The molecule has 0 bridgehead atoms. The molecule has 0 spiro atoms. The predicted molar refractivity (Wildman–Crippen MR) is 62.4 cm³/mol. The van der Waals surface area contributed by atoms with Crippen LogP contribution in [-0.2, 0) is 6.42 Å². The fourth-order valence-electron chi connectivity index (χ4n) is 2.12. The fraction of sp³-hybridized carbons (Fsp3) is 0.308. The normalized spacial score (nSPS) is 10.8. The van der Waals surface area contributed by atoms with Gasteiger partial charge >= 0.3 is 0 Å². The van der Waals surface area contributed by atoms with E-state index in [1.54, 1.807) is 0 Å². The number of nitrogens with one attached hydrogen (secondary N) is 1. The Balaban J connectivity index is 2.74. The Morgan fingerprint density at radius 3 is 2.93 bits per heavy atom. The van der Waals surface area contributed by atoms with Crippen molar-refractivity contribution in [2.45, 2.75) is 26.7 Å². The first-order valence-corrected chi connectivity index (χ1v) is 5.32. The van der Waals surface area contributed by atoms with E-state index in [1.807, 2.05) is 12.3 Å². The highest BCUT2D eigenvalue weighted by molar-refractivity contribution is 5.99. The molecule has 15 heavy (non-hydrogen) atoms. The summed E-state index contributed by atoms with van der Waals surface area (Å²) in [6.45, 7) is 4.21. The van der Waals surface area contributed by atoms with Gasteiger partial charge in [-0.2, -0.15) is 0 Å². The summed E-state index contributed by atoms with van der Waals surface area (Å²) in [7, 11) is 0. The van der Waals surface area contributed by atoms with Gasteiger partial charge in [-0.15, -0.1) is 0 Å². The van der Waals surface area contributed by atoms with Crippen molar-refractivity contribution < 1.29 is 4.79 Å². The molecule has 0 amide bonds. The van der Waals surface area contributed by atoms with E-state index >= 15 is 0 Å². The largest absolute Gasteiger partial charge is 0.361 e. The van der Waals surface area contributed by atoms with Crippen LogP contribution in [-0.4, -0.2) is 11.3 Å². The Morgan fingerprint density at radius 1 is 1.47 bits per heavy atom. The van der Waals surface area contributed by atoms with E-state index in [2.05, 4.69) is 24.9 Å². The van der Waals surface area contributed by atoms with Crippen molar-refractivity contribution in [2.24, 2.45) is 0 Å². The van der Waals surface area contributed by atoms with Gasteiger partial charge in [0.2, 0.25) is 0 Å². The average Bonchev–Trinajstić information content (AvgIpc) is 2.68. The molecule has 0 aliphatic carbocycles. The van der Waals surface area contributed by atoms with Gasteiger partial charge in [0.25, 0.3) is 0 Å². The zero-order chi connectivity index (χ0) is 10.8. The molecule has 1 heterocycles. The van der Waals surface area contributed by atoms with E-state index in [9.17, 15) is 4.79 Å². The van der Waals surface area contributed by atoms with Gasteiger partial charge in [0.15, 0.2) is 6.29 Å². The van der Waals surface area contributed by atoms with Crippen LogP contribution in [0.2, 0.25) is 0 Å². The molecule has 1 aromatic heterocycles. The Labute approximate surface area is 89.3 Å². The minimum absolute atomic E-state index is 0.846. The molecular formula is C13H15NO. The van der Waals surface area contributed by atoms with Gasteiger partial charge in [0, 0.05) is 22.7 Å². The highest BCUT2D eigenvalue weighted by Gasteiger charge is 2.09. The van der Waals surface area contributed by atoms with E-state index in [1.165, 1.54) is 5.56 Å². The van der Waals surface area contributed by atoms with Crippen LogP contribution < -0.4 is 0 Å². The molecule has 1 aromatic carbocycles. The molecule has 2 rings (SSSR count). The number of aryl methyl sites for hydroxylation is 2. The summed E-state index contributed by atoms with van der Waals surface area (Å²) >= 11 is 0. The van der Waals surface area contributed by atoms with Gasteiger partial charge < -0.3 is 4.98 Å². The summed E-state index contributed by atoms with van der Waals surface area (Å²) < 4.78 is 0. The number of hydrogen-bond donors (Lipinski definition) is 1. The molecule has 0 aliphatic rings. The number of rotatable bonds is 3. The van der Waals surface area contributed by atoms with Crippen LogP contribution in [0.3, 0.4) is 0 Å². The summed E-state index contributed by atoms with van der Waals surface area (Å²) in [6.07, 6.45) is 4.90. The third-order valence-corrected chi connectivity index (χ3v) is 2.81. The van der Waals surface area contributed by atoms with E-state index in [-0.39, 0.29) is 0 Å². The quantitative estimate of drug-likeness (QED) is 0.760. The molecule has 2 aromatic rings. The number of hydrogen-bond acceptors (Lipinski definition) is 1. The summed E-state index contributed by atoms with van der Waals surface area (Å²) in [4.78, 5) is 14.3. The molecular weight excluding hydrogens is 186 g/mol. The molecule has 0 atom stereocenters. The Kier molecular flexibility index (Phi) is 2.58. The van der Waals surface area contributed by atoms with E-state index in [0.29, 0.717) is 0 Å². The molecule has 0 saturated carbocycles. The van der Waals surface area contributed by atoms with Gasteiger partial charge in [-0.05, 0) is 30.5 Å². The second-order valence-electron chi connectivity index (χ2n) is 3.90. The predicted octanol–water partition coefficient (Wildman–Crippen LogP) is 3.24. The first-order valence-electron chi connectivity index (χ1n) is 5.32. The first-order chi connectivity index (χ1) is 7.27. The van der Waals surface area contributed by atoms with Crippen LogP contribution in [0.25, 0.3) is 10.9 Å². The van der Waals surface area contributed by atoms with E-state index in [0.717, 1.165) is 41.2 Å². The highest BCUT2D eigenvalue weighted by Crippen LogP contribution is 2.24. The lowest BCUT2D eigenvalue weighted by Crippen LogP contribution is -1.95. The zero-order valence-electron chi connectivity index (χ0n) is 9.13. The Bertz CT molecular complexity index is 496. The molecule has 0 saturated heterocycles.